The van der Waals surface area contributed by atoms with Gasteiger partial charge in [0.25, 0.3) is 0 Å². The number of thiophene rings is 1. The smallest absolute Gasteiger partial charge is 0.209 e. The predicted molar refractivity (Wildman–Crippen MR) is 92.7 cm³/mol. The van der Waals surface area contributed by atoms with Crippen molar-refractivity contribution in [2.45, 2.75) is 19.1 Å². The van der Waals surface area contributed by atoms with E-state index in [4.69, 9.17) is 0 Å². The lowest BCUT2D eigenvalue weighted by atomic mass is 10.1. The molecule has 130 valence electrons. The summed E-state index contributed by atoms with van der Waals surface area (Å²) in [5, 5.41) is 13.5. The number of hydrogen-bond acceptors (Lipinski definition) is 4. The Morgan fingerprint density at radius 1 is 1.12 bits per heavy atom. The van der Waals surface area contributed by atoms with Gasteiger partial charge in [-0.3, -0.25) is 0 Å². The minimum absolute atomic E-state index is 0.255. The summed E-state index contributed by atoms with van der Waals surface area (Å²) in [4.78, 5) is 6.37. The van der Waals surface area contributed by atoms with Crippen LogP contribution in [-0.2, 0) is 19.1 Å². The Balaban J connectivity index is 1.60. The van der Waals surface area contributed by atoms with Crippen molar-refractivity contribution in [2.75, 3.05) is 6.54 Å². The second kappa shape index (κ2) is 5.91. The van der Waals surface area contributed by atoms with Crippen LogP contribution in [0.1, 0.15) is 16.0 Å². The lowest BCUT2D eigenvalue weighted by Crippen LogP contribution is -2.48. The maximum atomic E-state index is 12.7. The van der Waals surface area contributed by atoms with Gasteiger partial charge in [-0.1, -0.05) is 23.5 Å². The molecule has 1 aliphatic heterocycles. The molecule has 3 nitrogen and oxygen atoms in total. The van der Waals surface area contributed by atoms with E-state index in [1.807, 2.05) is 11.4 Å². The van der Waals surface area contributed by atoms with E-state index >= 15 is 0 Å². The van der Waals surface area contributed by atoms with Crippen molar-refractivity contribution in [3.8, 4) is 10.4 Å². The quantitative estimate of drug-likeness (QED) is 0.606. The zero-order valence-electron chi connectivity index (χ0n) is 13.0. The number of fused-ring (bicyclic) bond motifs is 1. The molecule has 0 bridgehead atoms. The van der Waals surface area contributed by atoms with Gasteiger partial charge in [0.05, 0.1) is 16.6 Å². The number of benzene rings is 1. The topological polar surface area (TPSA) is 33.1 Å². The highest BCUT2D eigenvalue weighted by atomic mass is 32.1. The zero-order valence-corrected chi connectivity index (χ0v) is 14.6. The first-order valence-electron chi connectivity index (χ1n) is 7.64. The number of hydrogen-bond donors (Lipinski definition) is 1. The van der Waals surface area contributed by atoms with Gasteiger partial charge in [-0.15, -0.1) is 16.0 Å². The molecule has 2 aromatic heterocycles. The third-order valence-electron chi connectivity index (χ3n) is 4.32. The molecule has 1 atom stereocenters. The predicted octanol–water partition coefficient (Wildman–Crippen LogP) is 5.34. The summed E-state index contributed by atoms with van der Waals surface area (Å²) in [6.45, 7) is 1.02. The van der Waals surface area contributed by atoms with Crippen molar-refractivity contribution in [3.63, 3.8) is 0 Å². The molecule has 0 aliphatic carbocycles. The summed E-state index contributed by atoms with van der Waals surface area (Å²) >= 11 is 3.01. The van der Waals surface area contributed by atoms with Gasteiger partial charge in [-0.25, -0.2) is 5.21 Å². The third kappa shape index (κ3) is 3.10. The molecule has 1 aromatic carbocycles. The van der Waals surface area contributed by atoms with Gasteiger partial charge >= 0.3 is 11.3 Å². The molecule has 0 saturated carbocycles. The molecule has 0 amide bonds. The molecule has 25 heavy (non-hydrogen) atoms. The Bertz CT molecular complexity index is 901. The molecule has 0 radical (unpaired) electrons. The molecule has 0 fully saturated rings. The number of halogens is 3. The Kier molecular flexibility index (Phi) is 3.95. The first-order chi connectivity index (χ1) is 11.9. The largest absolute Gasteiger partial charge is 0.416 e. The number of nitrogens with zero attached hydrogens (tertiary/aromatic N) is 2. The SMILES string of the molecule is O[N+]1(c2ncc(-c3ccc(C(F)(F)F)cc3)s2)CCc2sccc2C1. The van der Waals surface area contributed by atoms with Crippen LogP contribution in [0.15, 0.2) is 41.9 Å². The Morgan fingerprint density at radius 2 is 1.88 bits per heavy atom. The Hall–Kier alpha value is -1.74. The minimum Gasteiger partial charge on any atom is -0.209 e. The van der Waals surface area contributed by atoms with Crippen molar-refractivity contribution in [2.24, 2.45) is 0 Å². The van der Waals surface area contributed by atoms with Crippen molar-refractivity contribution in [1.82, 2.24) is 9.63 Å². The first-order valence-corrected chi connectivity index (χ1v) is 9.34. The third-order valence-corrected chi connectivity index (χ3v) is 6.54. The lowest BCUT2D eigenvalue weighted by Gasteiger charge is -2.30. The molecule has 0 spiro atoms. The van der Waals surface area contributed by atoms with Crippen LogP contribution in [0.25, 0.3) is 10.4 Å². The van der Waals surface area contributed by atoms with Gasteiger partial charge in [-0.05, 0) is 29.1 Å². The molecular formula is C17H14F3N2OS2+. The number of alkyl halides is 3. The number of thiazole rings is 1. The molecule has 1 N–H and O–H groups in total. The monoisotopic (exact) mass is 383 g/mol. The van der Waals surface area contributed by atoms with E-state index in [1.54, 1.807) is 17.5 Å². The molecule has 3 heterocycles. The van der Waals surface area contributed by atoms with Crippen molar-refractivity contribution in [1.29, 1.82) is 0 Å². The van der Waals surface area contributed by atoms with Gasteiger partial charge < -0.3 is 0 Å². The zero-order chi connectivity index (χ0) is 17.7. The van der Waals surface area contributed by atoms with Crippen LogP contribution >= 0.6 is 22.7 Å². The highest BCUT2D eigenvalue weighted by Crippen LogP contribution is 2.38. The highest BCUT2D eigenvalue weighted by molar-refractivity contribution is 7.18. The van der Waals surface area contributed by atoms with Crippen LogP contribution < -0.4 is 4.65 Å². The molecule has 1 unspecified atom stereocenters. The number of quaternary nitrogens is 1. The summed E-state index contributed by atoms with van der Waals surface area (Å²) < 4.78 is 37.8. The van der Waals surface area contributed by atoms with Gasteiger partial charge in [0.15, 0.2) is 0 Å². The summed E-state index contributed by atoms with van der Waals surface area (Å²) in [6.07, 6.45) is -1.94. The van der Waals surface area contributed by atoms with E-state index < -0.39 is 11.7 Å². The van der Waals surface area contributed by atoms with Gasteiger partial charge in [0.2, 0.25) is 0 Å². The molecule has 3 aromatic rings. The van der Waals surface area contributed by atoms with Crippen LogP contribution in [0, 0.1) is 0 Å². The Labute approximate surface area is 150 Å². The van der Waals surface area contributed by atoms with Gasteiger partial charge in [0.1, 0.15) is 13.1 Å². The van der Waals surface area contributed by atoms with Crippen LogP contribution in [0.3, 0.4) is 0 Å². The molecule has 0 saturated heterocycles. The summed E-state index contributed by atoms with van der Waals surface area (Å²) in [6, 6.07) is 7.03. The number of aromatic nitrogens is 1. The standard InChI is InChI=1S/C17H14F3N2OS2/c18-17(19,20)13-3-1-11(2-4-13)15-9-21-16(25-15)22(23)7-5-14-12(10-22)6-8-24-14/h1-4,6,8-9,23H,5,7,10H2/q+1. The maximum Gasteiger partial charge on any atom is 0.416 e. The maximum absolute atomic E-state index is 12.7. The van der Waals surface area contributed by atoms with E-state index in [0.29, 0.717) is 23.8 Å². The average molecular weight is 383 g/mol. The van der Waals surface area contributed by atoms with Crippen molar-refractivity contribution >= 4 is 27.8 Å². The molecule has 4 rings (SSSR count). The summed E-state index contributed by atoms with van der Waals surface area (Å²) in [7, 11) is 0. The van der Waals surface area contributed by atoms with E-state index in [9.17, 15) is 18.4 Å². The van der Waals surface area contributed by atoms with Crippen LogP contribution in [0.4, 0.5) is 18.3 Å². The van der Waals surface area contributed by atoms with E-state index in [2.05, 4.69) is 4.98 Å². The minimum atomic E-state index is -4.34. The molecular weight excluding hydrogens is 369 g/mol. The van der Waals surface area contributed by atoms with E-state index in [-0.39, 0.29) is 4.65 Å². The van der Waals surface area contributed by atoms with E-state index in [0.717, 1.165) is 29.0 Å². The van der Waals surface area contributed by atoms with Crippen molar-refractivity contribution in [3.05, 3.63) is 57.9 Å². The molecule has 8 heteroatoms. The number of rotatable bonds is 2. The summed E-state index contributed by atoms with van der Waals surface area (Å²) in [5.41, 5.74) is 1.12. The van der Waals surface area contributed by atoms with Crippen LogP contribution in [0.2, 0.25) is 0 Å². The number of hydroxylamine groups is 2. The van der Waals surface area contributed by atoms with Crippen LogP contribution in [-0.4, -0.2) is 16.7 Å². The second-order valence-electron chi connectivity index (χ2n) is 6.01. The van der Waals surface area contributed by atoms with E-state index in [1.165, 1.54) is 28.3 Å². The fraction of sp³-hybridized carbons (Fsp3) is 0.235. The van der Waals surface area contributed by atoms with Gasteiger partial charge in [0, 0.05) is 16.9 Å². The lowest BCUT2D eigenvalue weighted by molar-refractivity contribution is -0.137. The van der Waals surface area contributed by atoms with Crippen LogP contribution in [0.5, 0.6) is 0 Å². The fourth-order valence-electron chi connectivity index (χ4n) is 2.95. The second-order valence-corrected chi connectivity index (χ2v) is 8.02. The summed E-state index contributed by atoms with van der Waals surface area (Å²) in [5.74, 6) is 0. The molecule has 1 aliphatic rings. The highest BCUT2D eigenvalue weighted by Gasteiger charge is 2.38. The fourth-order valence-corrected chi connectivity index (χ4v) is 4.83. The Morgan fingerprint density at radius 3 is 2.60 bits per heavy atom. The van der Waals surface area contributed by atoms with Crippen molar-refractivity contribution < 1.29 is 18.4 Å². The average Bonchev–Trinajstić information content (AvgIpc) is 3.23. The first kappa shape index (κ1) is 16.7. The normalized spacial score (nSPS) is 20.5. The van der Waals surface area contributed by atoms with Gasteiger partial charge in [-0.2, -0.15) is 18.2 Å².